The molecule has 0 aliphatic carbocycles. The highest BCUT2D eigenvalue weighted by Crippen LogP contribution is 2.17. The van der Waals surface area contributed by atoms with Gasteiger partial charge >= 0.3 is 5.97 Å². The van der Waals surface area contributed by atoms with Gasteiger partial charge in [-0.15, -0.1) is 10.2 Å². The lowest BCUT2D eigenvalue weighted by atomic mass is 10.1. The van der Waals surface area contributed by atoms with Crippen LogP contribution >= 0.6 is 0 Å². The SMILES string of the molecule is CC(=O)NCc1ccc(C(=O)OCc2nnc(-c3ccccc3)o2)cc1. The summed E-state index contributed by atoms with van der Waals surface area (Å²) < 4.78 is 10.7. The molecule has 0 spiro atoms. The van der Waals surface area contributed by atoms with E-state index < -0.39 is 5.97 Å². The Morgan fingerprint density at radius 3 is 2.46 bits per heavy atom. The Morgan fingerprint density at radius 1 is 1.04 bits per heavy atom. The third-order valence-electron chi connectivity index (χ3n) is 3.55. The van der Waals surface area contributed by atoms with Crippen molar-refractivity contribution in [2.75, 3.05) is 0 Å². The standard InChI is InChI=1S/C19H17N3O4/c1-13(23)20-11-14-7-9-16(10-8-14)19(24)25-12-17-21-22-18(26-17)15-5-3-2-4-6-15/h2-10H,11-12H2,1H3,(H,20,23). The highest BCUT2D eigenvalue weighted by atomic mass is 16.5. The summed E-state index contributed by atoms with van der Waals surface area (Å²) in [6.07, 6.45) is 0. The van der Waals surface area contributed by atoms with Crippen LogP contribution in [0.5, 0.6) is 0 Å². The number of esters is 1. The maximum atomic E-state index is 12.1. The van der Waals surface area contributed by atoms with Crippen LogP contribution in [0.15, 0.2) is 59.0 Å². The van der Waals surface area contributed by atoms with Crippen molar-refractivity contribution in [3.8, 4) is 11.5 Å². The predicted molar refractivity (Wildman–Crippen MR) is 92.8 cm³/mol. The molecule has 0 unspecified atom stereocenters. The lowest BCUT2D eigenvalue weighted by Gasteiger charge is -2.05. The molecule has 1 aromatic heterocycles. The number of benzene rings is 2. The molecule has 26 heavy (non-hydrogen) atoms. The third kappa shape index (κ3) is 4.54. The molecular formula is C19H17N3O4. The van der Waals surface area contributed by atoms with Crippen LogP contribution in [0.4, 0.5) is 0 Å². The number of carbonyl (C=O) groups excluding carboxylic acids is 2. The van der Waals surface area contributed by atoms with Crippen LogP contribution < -0.4 is 5.32 Å². The summed E-state index contributed by atoms with van der Waals surface area (Å²) in [7, 11) is 0. The van der Waals surface area contributed by atoms with Crippen molar-refractivity contribution in [2.45, 2.75) is 20.1 Å². The van der Waals surface area contributed by atoms with Crippen molar-refractivity contribution in [3.63, 3.8) is 0 Å². The number of nitrogens with zero attached hydrogens (tertiary/aromatic N) is 2. The maximum Gasteiger partial charge on any atom is 0.338 e. The van der Waals surface area contributed by atoms with Crippen molar-refractivity contribution in [1.82, 2.24) is 15.5 Å². The van der Waals surface area contributed by atoms with Crippen molar-refractivity contribution >= 4 is 11.9 Å². The molecule has 1 N–H and O–H groups in total. The summed E-state index contributed by atoms with van der Waals surface area (Å²) in [5.74, 6) is -0.00286. The molecule has 0 fully saturated rings. The van der Waals surface area contributed by atoms with Crippen molar-refractivity contribution in [1.29, 1.82) is 0 Å². The molecule has 0 atom stereocenters. The highest BCUT2D eigenvalue weighted by Gasteiger charge is 2.12. The number of amides is 1. The van der Waals surface area contributed by atoms with E-state index in [1.807, 2.05) is 30.3 Å². The summed E-state index contributed by atoms with van der Waals surface area (Å²) in [6, 6.07) is 16.1. The van der Waals surface area contributed by atoms with Crippen LogP contribution in [-0.2, 0) is 22.7 Å². The van der Waals surface area contributed by atoms with Gasteiger partial charge in [-0.25, -0.2) is 4.79 Å². The summed E-state index contributed by atoms with van der Waals surface area (Å²) in [5.41, 5.74) is 2.09. The van der Waals surface area contributed by atoms with E-state index in [1.54, 1.807) is 24.3 Å². The van der Waals surface area contributed by atoms with Gasteiger partial charge in [-0.1, -0.05) is 30.3 Å². The molecule has 0 saturated heterocycles. The number of hydrogen-bond donors (Lipinski definition) is 1. The van der Waals surface area contributed by atoms with Gasteiger partial charge in [0.15, 0.2) is 6.61 Å². The molecule has 132 valence electrons. The largest absolute Gasteiger partial charge is 0.452 e. The molecule has 0 bridgehead atoms. The van der Waals surface area contributed by atoms with E-state index in [4.69, 9.17) is 9.15 Å². The van der Waals surface area contributed by atoms with Gasteiger partial charge in [0, 0.05) is 19.0 Å². The van der Waals surface area contributed by atoms with E-state index in [-0.39, 0.29) is 18.4 Å². The Bertz CT molecular complexity index is 889. The van der Waals surface area contributed by atoms with E-state index in [1.165, 1.54) is 6.92 Å². The monoisotopic (exact) mass is 351 g/mol. The fourth-order valence-corrected chi connectivity index (χ4v) is 2.21. The summed E-state index contributed by atoms with van der Waals surface area (Å²) in [5, 5.41) is 10.5. The summed E-state index contributed by atoms with van der Waals surface area (Å²) >= 11 is 0. The molecule has 3 rings (SSSR count). The number of hydrogen-bond acceptors (Lipinski definition) is 6. The van der Waals surface area contributed by atoms with E-state index in [0.29, 0.717) is 18.0 Å². The fraction of sp³-hybridized carbons (Fsp3) is 0.158. The smallest absolute Gasteiger partial charge is 0.338 e. The van der Waals surface area contributed by atoms with Crippen molar-refractivity contribution in [2.24, 2.45) is 0 Å². The molecule has 7 nitrogen and oxygen atoms in total. The minimum absolute atomic E-state index is 0.105. The number of aromatic nitrogens is 2. The Balaban J connectivity index is 1.55. The number of carbonyl (C=O) groups is 2. The minimum Gasteiger partial charge on any atom is -0.452 e. The van der Waals surface area contributed by atoms with Gasteiger partial charge in [0.25, 0.3) is 5.89 Å². The first-order valence-electron chi connectivity index (χ1n) is 8.00. The zero-order valence-corrected chi connectivity index (χ0v) is 14.1. The van der Waals surface area contributed by atoms with Gasteiger partial charge in [-0.05, 0) is 29.8 Å². The Morgan fingerprint density at radius 2 is 1.77 bits per heavy atom. The predicted octanol–water partition coefficient (Wildman–Crippen LogP) is 2.73. The molecule has 0 saturated carbocycles. The quantitative estimate of drug-likeness (QED) is 0.686. The molecule has 1 amide bonds. The number of rotatable bonds is 6. The van der Waals surface area contributed by atoms with Gasteiger partial charge in [0.1, 0.15) is 0 Å². The fourth-order valence-electron chi connectivity index (χ4n) is 2.21. The maximum absolute atomic E-state index is 12.1. The zero-order chi connectivity index (χ0) is 18.4. The van der Waals surface area contributed by atoms with Crippen LogP contribution in [0.2, 0.25) is 0 Å². The second-order valence-corrected chi connectivity index (χ2v) is 5.55. The number of nitrogens with one attached hydrogen (secondary N) is 1. The van der Waals surface area contributed by atoms with Gasteiger partial charge in [-0.3, -0.25) is 4.79 Å². The van der Waals surface area contributed by atoms with E-state index in [9.17, 15) is 9.59 Å². The van der Waals surface area contributed by atoms with E-state index in [2.05, 4.69) is 15.5 Å². The first-order chi connectivity index (χ1) is 12.6. The molecule has 0 aliphatic rings. The van der Waals surface area contributed by atoms with Crippen LogP contribution in [0.1, 0.15) is 28.7 Å². The summed E-state index contributed by atoms with van der Waals surface area (Å²) in [4.78, 5) is 23.0. The Hall–Kier alpha value is -3.48. The highest BCUT2D eigenvalue weighted by molar-refractivity contribution is 5.89. The Kier molecular flexibility index (Phi) is 5.38. The number of ether oxygens (including phenoxy) is 1. The summed E-state index contributed by atoms with van der Waals surface area (Å²) in [6.45, 7) is 1.76. The normalized spacial score (nSPS) is 10.3. The van der Waals surface area contributed by atoms with Crippen molar-refractivity contribution in [3.05, 3.63) is 71.6 Å². The molecule has 3 aromatic rings. The molecule has 2 aromatic carbocycles. The van der Waals surface area contributed by atoms with E-state index in [0.717, 1.165) is 11.1 Å². The first-order valence-corrected chi connectivity index (χ1v) is 8.00. The van der Waals surface area contributed by atoms with Crippen LogP contribution in [0, 0.1) is 0 Å². The second-order valence-electron chi connectivity index (χ2n) is 5.55. The van der Waals surface area contributed by atoms with Crippen LogP contribution in [0.25, 0.3) is 11.5 Å². The second kappa shape index (κ2) is 8.06. The van der Waals surface area contributed by atoms with Gasteiger partial charge < -0.3 is 14.5 Å². The zero-order valence-electron chi connectivity index (χ0n) is 14.1. The minimum atomic E-state index is -0.490. The van der Waals surface area contributed by atoms with E-state index >= 15 is 0 Å². The molecule has 0 aliphatic heterocycles. The molecule has 0 radical (unpaired) electrons. The van der Waals surface area contributed by atoms with Crippen molar-refractivity contribution < 1.29 is 18.7 Å². The molecular weight excluding hydrogens is 334 g/mol. The molecule has 7 heteroatoms. The first kappa shape index (κ1) is 17.3. The van der Waals surface area contributed by atoms with Gasteiger partial charge in [-0.2, -0.15) is 0 Å². The van der Waals surface area contributed by atoms with Gasteiger partial charge in [0.05, 0.1) is 5.56 Å². The Labute approximate surface area is 150 Å². The van der Waals surface area contributed by atoms with Crippen LogP contribution in [0.3, 0.4) is 0 Å². The van der Waals surface area contributed by atoms with Gasteiger partial charge in [0.2, 0.25) is 11.8 Å². The van der Waals surface area contributed by atoms with Crippen LogP contribution in [-0.4, -0.2) is 22.1 Å². The topological polar surface area (TPSA) is 94.3 Å². The third-order valence-corrected chi connectivity index (χ3v) is 3.55. The average Bonchev–Trinajstić information content (AvgIpc) is 3.14. The lowest BCUT2D eigenvalue weighted by Crippen LogP contribution is -2.18. The molecule has 1 heterocycles. The lowest BCUT2D eigenvalue weighted by molar-refractivity contribution is -0.119. The average molecular weight is 351 g/mol.